The van der Waals surface area contributed by atoms with E-state index < -0.39 is 0 Å². The minimum atomic E-state index is -0.384. The van der Waals surface area contributed by atoms with E-state index in [1.807, 2.05) is 22.6 Å². The van der Waals surface area contributed by atoms with Gasteiger partial charge < -0.3 is 5.32 Å². The van der Waals surface area contributed by atoms with Crippen molar-refractivity contribution >= 4 is 45.9 Å². The molecule has 3 rings (SSSR count). The van der Waals surface area contributed by atoms with Gasteiger partial charge in [-0.3, -0.25) is 14.6 Å². The van der Waals surface area contributed by atoms with Gasteiger partial charge in [-0.15, -0.1) is 0 Å². The molecular formula is C14H10ClFIN5O. The molecule has 1 aromatic carbocycles. The summed E-state index contributed by atoms with van der Waals surface area (Å²) in [6, 6.07) is 6.19. The number of rotatable bonds is 4. The Kier molecular flexibility index (Phi) is 4.62. The summed E-state index contributed by atoms with van der Waals surface area (Å²) in [7, 11) is 0. The summed E-state index contributed by atoms with van der Waals surface area (Å²) >= 11 is 8.08. The molecule has 6 nitrogen and oxygen atoms in total. The van der Waals surface area contributed by atoms with Crippen LogP contribution in [-0.4, -0.2) is 25.9 Å². The van der Waals surface area contributed by atoms with Crippen LogP contribution in [0.25, 0.3) is 0 Å². The molecule has 0 spiro atoms. The van der Waals surface area contributed by atoms with Crippen molar-refractivity contribution in [1.29, 1.82) is 0 Å². The molecule has 2 aromatic heterocycles. The molecule has 0 aliphatic heterocycles. The van der Waals surface area contributed by atoms with Crippen LogP contribution < -0.4 is 5.32 Å². The summed E-state index contributed by atoms with van der Waals surface area (Å²) < 4.78 is 15.4. The molecule has 2 heterocycles. The number of H-pyrrole nitrogens is 1. The van der Waals surface area contributed by atoms with E-state index in [1.165, 1.54) is 16.8 Å². The zero-order chi connectivity index (χ0) is 16.4. The van der Waals surface area contributed by atoms with Crippen molar-refractivity contribution in [3.05, 3.63) is 62.3 Å². The molecule has 0 saturated heterocycles. The second-order valence-corrected chi connectivity index (χ2v) is 6.27. The number of halogens is 3. The maximum absolute atomic E-state index is 13.2. The van der Waals surface area contributed by atoms with Gasteiger partial charge >= 0.3 is 0 Å². The molecule has 1 amide bonds. The van der Waals surface area contributed by atoms with Crippen LogP contribution in [0.3, 0.4) is 0 Å². The van der Waals surface area contributed by atoms with Crippen LogP contribution in [0.15, 0.2) is 36.7 Å². The number of nitrogens with zero attached hydrogens (tertiary/aromatic N) is 3. The number of benzene rings is 1. The van der Waals surface area contributed by atoms with Crippen molar-refractivity contribution in [3.8, 4) is 0 Å². The number of anilines is 1. The van der Waals surface area contributed by atoms with E-state index in [2.05, 4.69) is 20.6 Å². The van der Waals surface area contributed by atoms with E-state index in [1.54, 1.807) is 24.5 Å². The van der Waals surface area contributed by atoms with Gasteiger partial charge in [0.1, 0.15) is 16.5 Å². The highest BCUT2D eigenvalue weighted by Gasteiger charge is 2.16. The Balaban J connectivity index is 1.76. The van der Waals surface area contributed by atoms with Crippen LogP contribution in [0.1, 0.15) is 16.1 Å². The molecule has 0 fully saturated rings. The smallest absolute Gasteiger partial charge is 0.276 e. The lowest BCUT2D eigenvalue weighted by molar-refractivity contribution is 0.102. The number of carbonyl (C=O) groups excluding carboxylic acids is 1. The molecule has 0 unspecified atom stereocenters. The summed E-state index contributed by atoms with van der Waals surface area (Å²) in [4.78, 5) is 12.1. The van der Waals surface area contributed by atoms with Gasteiger partial charge in [-0.2, -0.15) is 10.2 Å². The number of amides is 1. The van der Waals surface area contributed by atoms with E-state index in [4.69, 9.17) is 11.6 Å². The topological polar surface area (TPSA) is 75.6 Å². The zero-order valence-corrected chi connectivity index (χ0v) is 14.5. The van der Waals surface area contributed by atoms with Gasteiger partial charge in [0.25, 0.3) is 5.91 Å². The van der Waals surface area contributed by atoms with Gasteiger partial charge in [0, 0.05) is 6.20 Å². The lowest BCUT2D eigenvalue weighted by atomic mass is 10.2. The fourth-order valence-electron chi connectivity index (χ4n) is 1.99. The highest BCUT2D eigenvalue weighted by molar-refractivity contribution is 14.1. The van der Waals surface area contributed by atoms with Crippen LogP contribution in [0, 0.1) is 9.39 Å². The molecule has 118 valence electrons. The van der Waals surface area contributed by atoms with Crippen LogP contribution in [0.4, 0.5) is 10.2 Å². The zero-order valence-electron chi connectivity index (χ0n) is 11.6. The minimum Gasteiger partial charge on any atom is -0.302 e. The Bertz CT molecular complexity index is 862. The Morgan fingerprint density at radius 2 is 2.30 bits per heavy atom. The third kappa shape index (κ3) is 3.70. The molecule has 3 aromatic rings. The minimum absolute atomic E-state index is 0.235. The third-order valence-electron chi connectivity index (χ3n) is 3.00. The molecular weight excluding hydrogens is 436 g/mol. The normalized spacial score (nSPS) is 10.7. The van der Waals surface area contributed by atoms with E-state index in [9.17, 15) is 9.18 Å². The summed E-state index contributed by atoms with van der Waals surface area (Å²) in [5, 5.41) is 13.5. The van der Waals surface area contributed by atoms with Crippen molar-refractivity contribution in [3.63, 3.8) is 0 Å². The van der Waals surface area contributed by atoms with Gasteiger partial charge in [-0.05, 0) is 40.3 Å². The number of aromatic nitrogens is 4. The summed E-state index contributed by atoms with van der Waals surface area (Å²) in [5.74, 6) is -0.466. The van der Waals surface area contributed by atoms with Gasteiger partial charge in [-0.25, -0.2) is 4.39 Å². The van der Waals surface area contributed by atoms with Gasteiger partial charge in [0.2, 0.25) is 0 Å². The summed E-state index contributed by atoms with van der Waals surface area (Å²) in [6.45, 7) is 0.342. The first kappa shape index (κ1) is 15.9. The number of nitrogens with one attached hydrogen (secondary N) is 2. The van der Waals surface area contributed by atoms with Crippen molar-refractivity contribution in [1.82, 2.24) is 20.0 Å². The van der Waals surface area contributed by atoms with Crippen LogP contribution in [0.5, 0.6) is 0 Å². The Labute approximate surface area is 149 Å². The molecule has 0 saturated carbocycles. The first-order valence-electron chi connectivity index (χ1n) is 6.50. The lowest BCUT2D eigenvalue weighted by Gasteiger charge is -2.02. The van der Waals surface area contributed by atoms with Crippen molar-refractivity contribution < 1.29 is 9.18 Å². The van der Waals surface area contributed by atoms with Crippen molar-refractivity contribution in [2.45, 2.75) is 6.54 Å². The van der Waals surface area contributed by atoms with Crippen molar-refractivity contribution in [2.24, 2.45) is 0 Å². The highest BCUT2D eigenvalue weighted by Crippen LogP contribution is 2.21. The van der Waals surface area contributed by atoms with Crippen LogP contribution in [0.2, 0.25) is 5.02 Å². The van der Waals surface area contributed by atoms with E-state index in [0.717, 1.165) is 5.56 Å². The van der Waals surface area contributed by atoms with Crippen LogP contribution >= 0.6 is 34.2 Å². The number of hydrogen-bond acceptors (Lipinski definition) is 3. The molecule has 2 N–H and O–H groups in total. The SMILES string of the molecule is O=C(Nc1nn(Cc2cccc(F)c2)cc1Cl)c1[nH]ncc1I. The predicted octanol–water partition coefficient (Wildman–Crippen LogP) is 3.30. The maximum Gasteiger partial charge on any atom is 0.276 e. The summed E-state index contributed by atoms with van der Waals surface area (Å²) in [5.41, 5.74) is 1.08. The second-order valence-electron chi connectivity index (χ2n) is 4.70. The first-order chi connectivity index (χ1) is 11.0. The fourth-order valence-corrected chi connectivity index (χ4v) is 2.69. The number of hydrogen-bond donors (Lipinski definition) is 2. The van der Waals surface area contributed by atoms with Gasteiger partial charge in [0.05, 0.1) is 16.3 Å². The standard InChI is InChI=1S/C14H10ClFIN5O/c15-10-7-22(6-8-2-1-3-9(16)4-8)21-13(10)19-14(23)12-11(17)5-18-20-12/h1-5,7H,6H2,(H,18,20)(H,19,21,23). The van der Waals surface area contributed by atoms with E-state index >= 15 is 0 Å². The molecule has 23 heavy (non-hydrogen) atoms. The predicted molar refractivity (Wildman–Crippen MR) is 92.0 cm³/mol. The van der Waals surface area contributed by atoms with Crippen LogP contribution in [-0.2, 0) is 6.54 Å². The number of carbonyl (C=O) groups is 1. The Morgan fingerprint density at radius 1 is 1.48 bits per heavy atom. The average Bonchev–Trinajstić information content (AvgIpc) is 3.05. The molecule has 0 atom stereocenters. The second kappa shape index (κ2) is 6.67. The quantitative estimate of drug-likeness (QED) is 0.605. The number of aromatic amines is 1. The Hall–Kier alpha value is -1.94. The average molecular weight is 446 g/mol. The maximum atomic E-state index is 13.2. The molecule has 0 aliphatic carbocycles. The molecule has 9 heteroatoms. The first-order valence-corrected chi connectivity index (χ1v) is 7.96. The highest BCUT2D eigenvalue weighted by atomic mass is 127. The summed E-state index contributed by atoms with van der Waals surface area (Å²) in [6.07, 6.45) is 3.11. The lowest BCUT2D eigenvalue weighted by Crippen LogP contribution is -2.14. The van der Waals surface area contributed by atoms with E-state index in [0.29, 0.717) is 20.8 Å². The third-order valence-corrected chi connectivity index (χ3v) is 4.10. The van der Waals surface area contributed by atoms with E-state index in [-0.39, 0.29) is 17.5 Å². The largest absolute Gasteiger partial charge is 0.302 e. The fraction of sp³-hybridized carbons (Fsp3) is 0.0714. The Morgan fingerprint density at radius 3 is 3.00 bits per heavy atom. The van der Waals surface area contributed by atoms with Crippen molar-refractivity contribution in [2.75, 3.05) is 5.32 Å². The monoisotopic (exact) mass is 445 g/mol. The molecule has 0 radical (unpaired) electrons. The van der Waals surface area contributed by atoms with Gasteiger partial charge in [-0.1, -0.05) is 23.7 Å². The molecule has 0 bridgehead atoms. The van der Waals surface area contributed by atoms with Gasteiger partial charge in [0.15, 0.2) is 5.82 Å². The molecule has 0 aliphatic rings.